The smallest absolute Gasteiger partial charge is 0.262 e. The maximum absolute atomic E-state index is 12.9. The molecule has 3 amide bonds. The predicted molar refractivity (Wildman–Crippen MR) is 120 cm³/mol. The van der Waals surface area contributed by atoms with Crippen LogP contribution >= 0.6 is 11.3 Å². The molecule has 31 heavy (non-hydrogen) atoms. The minimum atomic E-state index is -0.707. The van der Waals surface area contributed by atoms with Crippen LogP contribution < -0.4 is 26.0 Å². The summed E-state index contributed by atoms with van der Waals surface area (Å²) in [6.45, 7) is 2.83. The molecule has 1 aliphatic carbocycles. The number of carbonyl (C=O) groups excluding carboxylic acids is 3. The van der Waals surface area contributed by atoms with Gasteiger partial charge in [0.1, 0.15) is 10.8 Å². The van der Waals surface area contributed by atoms with Gasteiger partial charge in [0, 0.05) is 11.4 Å². The number of hydrogen-bond acceptors (Lipinski definition) is 6. The van der Waals surface area contributed by atoms with E-state index >= 15 is 0 Å². The highest BCUT2D eigenvalue weighted by Gasteiger charge is 2.32. The van der Waals surface area contributed by atoms with Crippen molar-refractivity contribution < 1.29 is 19.1 Å². The Morgan fingerprint density at radius 1 is 1.26 bits per heavy atom. The average Bonchev–Trinajstić information content (AvgIpc) is 3.32. The molecule has 1 aliphatic heterocycles. The lowest BCUT2D eigenvalue weighted by atomic mass is 10.1. The lowest BCUT2D eigenvalue weighted by Crippen LogP contribution is -2.50. The predicted octanol–water partition coefficient (Wildman–Crippen LogP) is 2.07. The van der Waals surface area contributed by atoms with Crippen LogP contribution in [0.2, 0.25) is 0 Å². The molecule has 4 rings (SSSR count). The second kappa shape index (κ2) is 8.97. The molecule has 1 unspecified atom stereocenters. The molecule has 4 N–H and O–H groups in total. The molecule has 0 saturated carbocycles. The van der Waals surface area contributed by atoms with Crippen LogP contribution in [0.1, 0.15) is 40.6 Å². The fourth-order valence-corrected chi connectivity index (χ4v) is 5.36. The lowest BCUT2D eigenvalue weighted by molar-refractivity contribution is -0.128. The van der Waals surface area contributed by atoms with E-state index in [1.807, 2.05) is 30.0 Å². The van der Waals surface area contributed by atoms with E-state index in [9.17, 15) is 14.4 Å². The molecular weight excluding hydrogens is 416 g/mol. The molecule has 0 bridgehead atoms. The number of nitrogens with zero attached hydrogens (tertiary/aromatic N) is 1. The summed E-state index contributed by atoms with van der Waals surface area (Å²) in [7, 11) is 0. The zero-order valence-corrected chi connectivity index (χ0v) is 18.2. The van der Waals surface area contributed by atoms with Crippen LogP contribution in [0.25, 0.3) is 0 Å². The van der Waals surface area contributed by atoms with Gasteiger partial charge in [-0.15, -0.1) is 11.3 Å². The number of anilines is 2. The molecule has 2 heterocycles. The van der Waals surface area contributed by atoms with Gasteiger partial charge < -0.3 is 26.0 Å². The number of nitrogens with two attached hydrogens (primary N) is 1. The molecule has 164 valence electrons. The number of fused-ring (bicyclic) bond motifs is 2. The van der Waals surface area contributed by atoms with E-state index in [1.165, 1.54) is 11.3 Å². The van der Waals surface area contributed by atoms with Crippen molar-refractivity contribution >= 4 is 39.7 Å². The monoisotopic (exact) mass is 442 g/mol. The molecule has 1 aromatic heterocycles. The van der Waals surface area contributed by atoms with Crippen LogP contribution in [0, 0.1) is 0 Å². The largest absolute Gasteiger partial charge is 0.477 e. The van der Waals surface area contributed by atoms with Crippen molar-refractivity contribution in [3.8, 4) is 5.75 Å². The molecule has 0 fully saturated rings. The van der Waals surface area contributed by atoms with E-state index in [1.54, 1.807) is 6.07 Å². The van der Waals surface area contributed by atoms with E-state index in [2.05, 4.69) is 10.6 Å². The standard InChI is InChI=1S/C22H26N4O4S/c1-2-10-24-21(29)16-11-26(14-7-3-4-8-15(14)30-16)12-18(27)25-22-19(20(23)28)13-6-5-9-17(13)31-22/h3-4,7-8,16H,2,5-6,9-12H2,1H3,(H2,23,28)(H,24,29)(H,25,27). The molecular formula is C22H26N4O4S. The molecule has 9 heteroatoms. The van der Waals surface area contributed by atoms with Crippen molar-refractivity contribution in [2.45, 2.75) is 38.7 Å². The number of nitrogens with one attached hydrogen (secondary N) is 2. The second-order valence-electron chi connectivity index (χ2n) is 7.72. The van der Waals surface area contributed by atoms with Crippen molar-refractivity contribution in [1.82, 2.24) is 5.32 Å². The number of amides is 3. The molecule has 0 spiro atoms. The van der Waals surface area contributed by atoms with Crippen LogP contribution in [0.5, 0.6) is 5.75 Å². The normalized spacial score (nSPS) is 16.8. The van der Waals surface area contributed by atoms with Gasteiger partial charge in [-0.05, 0) is 43.4 Å². The number of para-hydroxylation sites is 2. The Bertz CT molecular complexity index is 1020. The number of aryl methyl sites for hydroxylation is 1. The Morgan fingerprint density at radius 3 is 2.84 bits per heavy atom. The van der Waals surface area contributed by atoms with Gasteiger partial charge in [0.15, 0.2) is 6.10 Å². The maximum Gasteiger partial charge on any atom is 0.262 e. The Labute approximate surface area is 184 Å². The summed E-state index contributed by atoms with van der Waals surface area (Å²) in [4.78, 5) is 40.3. The van der Waals surface area contributed by atoms with Crippen molar-refractivity contribution in [1.29, 1.82) is 0 Å². The first-order valence-electron chi connectivity index (χ1n) is 10.5. The number of benzene rings is 1. The molecule has 8 nitrogen and oxygen atoms in total. The Hall–Kier alpha value is -3.07. The summed E-state index contributed by atoms with van der Waals surface area (Å²) in [6.07, 6.45) is 2.84. The van der Waals surface area contributed by atoms with E-state index < -0.39 is 12.0 Å². The van der Waals surface area contributed by atoms with Gasteiger partial charge in [0.05, 0.1) is 24.3 Å². The van der Waals surface area contributed by atoms with Gasteiger partial charge >= 0.3 is 0 Å². The van der Waals surface area contributed by atoms with Crippen molar-refractivity contribution in [2.24, 2.45) is 5.73 Å². The number of rotatable bonds is 7. The molecule has 0 radical (unpaired) electrons. The maximum atomic E-state index is 12.9. The third-order valence-electron chi connectivity index (χ3n) is 5.46. The highest BCUT2D eigenvalue weighted by molar-refractivity contribution is 7.17. The van der Waals surface area contributed by atoms with Crippen molar-refractivity contribution in [3.05, 3.63) is 40.3 Å². The summed E-state index contributed by atoms with van der Waals surface area (Å²) in [5, 5.41) is 6.24. The van der Waals surface area contributed by atoms with E-state index in [4.69, 9.17) is 10.5 Å². The Kier molecular flexibility index (Phi) is 6.13. The zero-order valence-electron chi connectivity index (χ0n) is 17.4. The summed E-state index contributed by atoms with van der Waals surface area (Å²) >= 11 is 1.43. The number of hydrogen-bond donors (Lipinski definition) is 3. The topological polar surface area (TPSA) is 114 Å². The minimum Gasteiger partial charge on any atom is -0.477 e. The van der Waals surface area contributed by atoms with Gasteiger partial charge in [0.2, 0.25) is 5.91 Å². The molecule has 2 aromatic rings. The van der Waals surface area contributed by atoms with Crippen molar-refractivity contribution in [3.63, 3.8) is 0 Å². The summed E-state index contributed by atoms with van der Waals surface area (Å²) < 4.78 is 5.87. The first kappa shape index (κ1) is 21.2. The van der Waals surface area contributed by atoms with E-state index in [0.29, 0.717) is 22.9 Å². The lowest BCUT2D eigenvalue weighted by Gasteiger charge is -2.35. The van der Waals surface area contributed by atoms with Crippen LogP contribution in [0.15, 0.2) is 24.3 Å². The number of carbonyl (C=O) groups is 3. The van der Waals surface area contributed by atoms with Crippen molar-refractivity contribution in [2.75, 3.05) is 29.9 Å². The van der Waals surface area contributed by atoms with Gasteiger partial charge in [-0.25, -0.2) is 0 Å². The fraction of sp³-hybridized carbons (Fsp3) is 0.409. The molecule has 0 saturated heterocycles. The SMILES string of the molecule is CCCNC(=O)C1CN(CC(=O)Nc2sc3c(c2C(N)=O)CCC3)c2ccccc2O1. The van der Waals surface area contributed by atoms with Gasteiger partial charge in [-0.3, -0.25) is 14.4 Å². The van der Waals surface area contributed by atoms with E-state index in [0.717, 1.165) is 41.8 Å². The number of ether oxygens (including phenoxy) is 1. The zero-order chi connectivity index (χ0) is 22.0. The van der Waals surface area contributed by atoms with Crippen LogP contribution in [0.4, 0.5) is 10.7 Å². The quantitative estimate of drug-likeness (QED) is 0.607. The van der Waals surface area contributed by atoms with Gasteiger partial charge in [-0.1, -0.05) is 19.1 Å². The number of primary amides is 1. The molecule has 1 aromatic carbocycles. The molecule has 2 aliphatic rings. The minimum absolute atomic E-state index is 0.0265. The Morgan fingerprint density at radius 2 is 2.06 bits per heavy atom. The molecule has 1 atom stereocenters. The average molecular weight is 443 g/mol. The highest BCUT2D eigenvalue weighted by Crippen LogP contribution is 2.39. The van der Waals surface area contributed by atoms with Crippen LogP contribution in [0.3, 0.4) is 0 Å². The second-order valence-corrected chi connectivity index (χ2v) is 8.82. The number of thiophene rings is 1. The third kappa shape index (κ3) is 4.36. The van der Waals surface area contributed by atoms with Crippen LogP contribution in [-0.2, 0) is 22.4 Å². The summed E-state index contributed by atoms with van der Waals surface area (Å²) in [5.74, 6) is -0.426. The van der Waals surface area contributed by atoms with Gasteiger partial charge in [-0.2, -0.15) is 0 Å². The van der Waals surface area contributed by atoms with Crippen LogP contribution in [-0.4, -0.2) is 43.5 Å². The van der Waals surface area contributed by atoms with E-state index in [-0.39, 0.29) is 24.9 Å². The highest BCUT2D eigenvalue weighted by atomic mass is 32.1. The first-order valence-corrected chi connectivity index (χ1v) is 11.3. The summed E-state index contributed by atoms with van der Waals surface area (Å²) in [5.41, 5.74) is 7.75. The fourth-order valence-electron chi connectivity index (χ4n) is 4.05. The third-order valence-corrected chi connectivity index (χ3v) is 6.67. The first-order chi connectivity index (χ1) is 15.0. The van der Waals surface area contributed by atoms with Gasteiger partial charge in [0.25, 0.3) is 11.8 Å². The summed E-state index contributed by atoms with van der Waals surface area (Å²) in [6, 6.07) is 7.33. The Balaban J connectivity index is 1.51.